The molecule has 0 unspecified atom stereocenters. The second-order valence-corrected chi connectivity index (χ2v) is 8.08. The first kappa shape index (κ1) is 17.7. The number of hydrogen-bond donors (Lipinski definition) is 1. The summed E-state index contributed by atoms with van der Waals surface area (Å²) < 4.78 is 26.1. The molecule has 1 amide bonds. The first-order valence-electron chi connectivity index (χ1n) is 6.86. The summed E-state index contributed by atoms with van der Waals surface area (Å²) in [5, 5.41) is 2.78. The number of carbonyl (C=O) groups excluding carboxylic acids is 1. The molecule has 7 heteroatoms. The van der Waals surface area contributed by atoms with Crippen LogP contribution in [0.3, 0.4) is 0 Å². The molecule has 122 valence electrons. The van der Waals surface area contributed by atoms with Gasteiger partial charge in [0.1, 0.15) is 0 Å². The van der Waals surface area contributed by atoms with Gasteiger partial charge in [-0.15, -0.1) is 0 Å². The van der Waals surface area contributed by atoms with Gasteiger partial charge in [0.2, 0.25) is 10.0 Å². The van der Waals surface area contributed by atoms with Gasteiger partial charge in [0.05, 0.1) is 4.90 Å². The summed E-state index contributed by atoms with van der Waals surface area (Å²) >= 11 is 3.22. The minimum absolute atomic E-state index is 0.0647. The second-order valence-electron chi connectivity index (χ2n) is 5.10. The standard InChI is InChI=1S/C16H17BrN2O3S/c1-19(2)23(21,22)15-10-13(8-9-14(15)17)16(20)18-11-12-6-4-3-5-7-12/h3-10H,11H2,1-2H3,(H,18,20). The molecule has 0 heterocycles. The van der Waals surface area contributed by atoms with E-state index >= 15 is 0 Å². The topological polar surface area (TPSA) is 66.5 Å². The van der Waals surface area contributed by atoms with Crippen molar-refractivity contribution in [3.05, 3.63) is 64.1 Å². The third-order valence-electron chi connectivity index (χ3n) is 3.25. The number of carbonyl (C=O) groups is 1. The second kappa shape index (κ2) is 7.25. The highest BCUT2D eigenvalue weighted by atomic mass is 79.9. The summed E-state index contributed by atoms with van der Waals surface area (Å²) in [6, 6.07) is 14.0. The van der Waals surface area contributed by atoms with Crippen LogP contribution in [0.25, 0.3) is 0 Å². The normalized spacial score (nSPS) is 11.5. The predicted octanol–water partition coefficient (Wildman–Crippen LogP) is 2.63. The van der Waals surface area contributed by atoms with E-state index in [9.17, 15) is 13.2 Å². The summed E-state index contributed by atoms with van der Waals surface area (Å²) in [6.07, 6.45) is 0. The lowest BCUT2D eigenvalue weighted by Gasteiger charge is -2.14. The first-order chi connectivity index (χ1) is 10.8. The Bertz CT molecular complexity index is 805. The van der Waals surface area contributed by atoms with Gasteiger partial charge < -0.3 is 5.32 Å². The lowest BCUT2D eigenvalue weighted by atomic mass is 10.2. The quantitative estimate of drug-likeness (QED) is 0.844. The highest BCUT2D eigenvalue weighted by Gasteiger charge is 2.22. The zero-order valence-electron chi connectivity index (χ0n) is 12.8. The van der Waals surface area contributed by atoms with Crippen molar-refractivity contribution in [2.75, 3.05) is 14.1 Å². The predicted molar refractivity (Wildman–Crippen MR) is 92.6 cm³/mol. The number of halogens is 1. The van der Waals surface area contributed by atoms with Gasteiger partial charge in [-0.3, -0.25) is 4.79 Å². The molecule has 0 aliphatic heterocycles. The molecule has 0 aliphatic carbocycles. The SMILES string of the molecule is CN(C)S(=O)(=O)c1cc(C(=O)NCc2ccccc2)ccc1Br. The Hall–Kier alpha value is -1.70. The van der Waals surface area contributed by atoms with E-state index in [1.807, 2.05) is 30.3 Å². The van der Waals surface area contributed by atoms with E-state index in [-0.39, 0.29) is 10.8 Å². The monoisotopic (exact) mass is 396 g/mol. The lowest BCUT2D eigenvalue weighted by molar-refractivity contribution is 0.0950. The maximum Gasteiger partial charge on any atom is 0.251 e. The molecule has 0 saturated carbocycles. The van der Waals surface area contributed by atoms with Gasteiger partial charge in [-0.1, -0.05) is 30.3 Å². The number of benzene rings is 2. The fourth-order valence-electron chi connectivity index (χ4n) is 1.92. The summed E-state index contributed by atoms with van der Waals surface area (Å²) in [4.78, 5) is 12.3. The molecule has 2 rings (SSSR count). The number of rotatable bonds is 5. The molecular formula is C16H17BrN2O3S. The number of amides is 1. The van der Waals surface area contributed by atoms with Crippen LogP contribution in [0.5, 0.6) is 0 Å². The number of nitrogens with one attached hydrogen (secondary N) is 1. The Morgan fingerprint density at radius 1 is 1.13 bits per heavy atom. The summed E-state index contributed by atoms with van der Waals surface area (Å²) in [7, 11) is -0.728. The third kappa shape index (κ3) is 4.19. The molecule has 2 aromatic rings. The summed E-state index contributed by atoms with van der Waals surface area (Å²) in [5.74, 6) is -0.323. The Labute approximate surface area is 144 Å². The van der Waals surface area contributed by atoms with Crippen molar-refractivity contribution in [2.45, 2.75) is 11.4 Å². The fourth-order valence-corrected chi connectivity index (χ4v) is 3.76. The van der Waals surface area contributed by atoms with Crippen LogP contribution in [-0.4, -0.2) is 32.7 Å². The van der Waals surface area contributed by atoms with Gasteiger partial charge in [0.15, 0.2) is 0 Å². The Balaban J connectivity index is 2.22. The minimum Gasteiger partial charge on any atom is -0.348 e. The van der Waals surface area contributed by atoms with Crippen LogP contribution >= 0.6 is 15.9 Å². The van der Waals surface area contributed by atoms with Crippen molar-refractivity contribution in [2.24, 2.45) is 0 Å². The van der Waals surface area contributed by atoms with Crippen LogP contribution in [0, 0.1) is 0 Å². The Kier molecular flexibility index (Phi) is 5.56. The van der Waals surface area contributed by atoms with Gasteiger partial charge in [0.25, 0.3) is 5.91 Å². The molecule has 0 fully saturated rings. The molecule has 0 atom stereocenters. The van der Waals surface area contributed by atoms with E-state index in [0.717, 1.165) is 9.87 Å². The van der Waals surface area contributed by atoms with Crippen LogP contribution in [0.15, 0.2) is 57.9 Å². The average molecular weight is 397 g/mol. The van der Waals surface area contributed by atoms with Crippen molar-refractivity contribution in [3.63, 3.8) is 0 Å². The smallest absolute Gasteiger partial charge is 0.251 e. The highest BCUT2D eigenvalue weighted by molar-refractivity contribution is 9.10. The summed E-state index contributed by atoms with van der Waals surface area (Å²) in [6.45, 7) is 0.380. The molecule has 0 spiro atoms. The van der Waals surface area contributed by atoms with E-state index in [1.54, 1.807) is 12.1 Å². The van der Waals surface area contributed by atoms with Crippen LogP contribution in [-0.2, 0) is 16.6 Å². The molecule has 0 bridgehead atoms. The fraction of sp³-hybridized carbons (Fsp3) is 0.188. The van der Waals surface area contributed by atoms with Gasteiger partial charge in [-0.05, 0) is 39.7 Å². The number of hydrogen-bond acceptors (Lipinski definition) is 3. The number of sulfonamides is 1. The van der Waals surface area contributed by atoms with Crippen LogP contribution in [0.1, 0.15) is 15.9 Å². The van der Waals surface area contributed by atoms with E-state index < -0.39 is 10.0 Å². The molecule has 0 saturated heterocycles. The van der Waals surface area contributed by atoms with E-state index in [1.165, 1.54) is 20.2 Å². The van der Waals surface area contributed by atoms with Gasteiger partial charge in [0, 0.05) is 30.7 Å². The Morgan fingerprint density at radius 2 is 1.78 bits per heavy atom. The molecule has 0 aliphatic rings. The minimum atomic E-state index is -3.62. The molecule has 23 heavy (non-hydrogen) atoms. The van der Waals surface area contributed by atoms with Gasteiger partial charge in [-0.2, -0.15) is 0 Å². The maximum absolute atomic E-state index is 12.3. The highest BCUT2D eigenvalue weighted by Crippen LogP contribution is 2.25. The molecule has 5 nitrogen and oxygen atoms in total. The zero-order valence-corrected chi connectivity index (χ0v) is 15.2. The molecule has 0 radical (unpaired) electrons. The van der Waals surface area contributed by atoms with Crippen LogP contribution < -0.4 is 5.32 Å². The summed E-state index contributed by atoms with van der Waals surface area (Å²) in [5.41, 5.74) is 1.27. The van der Waals surface area contributed by atoms with Gasteiger partial charge in [-0.25, -0.2) is 12.7 Å². The van der Waals surface area contributed by atoms with Gasteiger partial charge >= 0.3 is 0 Å². The Morgan fingerprint density at radius 3 is 2.39 bits per heavy atom. The van der Waals surface area contributed by atoms with Crippen molar-refractivity contribution < 1.29 is 13.2 Å². The maximum atomic E-state index is 12.3. The van der Waals surface area contributed by atoms with Crippen LogP contribution in [0.4, 0.5) is 0 Å². The molecule has 0 aromatic heterocycles. The average Bonchev–Trinajstić information content (AvgIpc) is 2.53. The molecule has 2 aromatic carbocycles. The molecular weight excluding hydrogens is 380 g/mol. The van der Waals surface area contributed by atoms with E-state index in [2.05, 4.69) is 21.2 Å². The largest absolute Gasteiger partial charge is 0.348 e. The van der Waals surface area contributed by atoms with E-state index in [4.69, 9.17) is 0 Å². The van der Waals surface area contributed by atoms with Crippen molar-refractivity contribution in [1.82, 2.24) is 9.62 Å². The lowest BCUT2D eigenvalue weighted by Crippen LogP contribution is -2.25. The third-order valence-corrected chi connectivity index (χ3v) is 6.06. The van der Waals surface area contributed by atoms with Crippen molar-refractivity contribution >= 4 is 31.9 Å². The molecule has 1 N–H and O–H groups in total. The first-order valence-corrected chi connectivity index (χ1v) is 9.10. The van der Waals surface area contributed by atoms with Crippen LogP contribution in [0.2, 0.25) is 0 Å². The van der Waals surface area contributed by atoms with E-state index in [0.29, 0.717) is 16.6 Å². The van der Waals surface area contributed by atoms with Crippen molar-refractivity contribution in [3.8, 4) is 0 Å². The zero-order chi connectivity index (χ0) is 17.0. The van der Waals surface area contributed by atoms with Crippen molar-refractivity contribution in [1.29, 1.82) is 0 Å². The number of nitrogens with zero attached hydrogens (tertiary/aromatic N) is 1.